The van der Waals surface area contributed by atoms with Gasteiger partial charge in [0.25, 0.3) is 0 Å². The average Bonchev–Trinajstić information content (AvgIpc) is 2.57. The molecule has 0 amide bonds. The van der Waals surface area contributed by atoms with E-state index >= 15 is 0 Å². The van der Waals surface area contributed by atoms with Crippen molar-refractivity contribution in [3.05, 3.63) is 65.2 Å². The van der Waals surface area contributed by atoms with E-state index in [0.29, 0.717) is 5.92 Å². The lowest BCUT2D eigenvalue weighted by molar-refractivity contribution is 0.255. The molecule has 0 spiro atoms. The summed E-state index contributed by atoms with van der Waals surface area (Å²) < 4.78 is 5.24. The van der Waals surface area contributed by atoms with Crippen LogP contribution in [0.1, 0.15) is 35.4 Å². The summed E-state index contributed by atoms with van der Waals surface area (Å²) in [4.78, 5) is 2.43. The van der Waals surface area contributed by atoms with Crippen molar-refractivity contribution in [3.63, 3.8) is 0 Å². The van der Waals surface area contributed by atoms with Crippen LogP contribution in [-0.4, -0.2) is 32.1 Å². The highest BCUT2D eigenvalue weighted by atomic mass is 79.9. The van der Waals surface area contributed by atoms with E-state index in [1.54, 1.807) is 12.7 Å². The highest BCUT2D eigenvalue weighted by Gasteiger charge is 2.20. The van der Waals surface area contributed by atoms with Crippen LogP contribution < -0.4 is 4.74 Å². The molecule has 23 heavy (non-hydrogen) atoms. The minimum absolute atomic E-state index is 0. The van der Waals surface area contributed by atoms with E-state index in [9.17, 15) is 0 Å². The molecule has 124 valence electrons. The number of halogens is 1. The number of likely N-dealkylation sites (tertiary alicyclic amines) is 1. The first-order chi connectivity index (χ1) is 10.8. The molecule has 3 rings (SSSR count). The van der Waals surface area contributed by atoms with Crippen LogP contribution in [0.15, 0.2) is 48.5 Å². The van der Waals surface area contributed by atoms with Crippen molar-refractivity contribution in [1.29, 1.82) is 0 Å². The van der Waals surface area contributed by atoms with Crippen LogP contribution in [0.4, 0.5) is 0 Å². The molecule has 2 aromatic carbocycles. The van der Waals surface area contributed by atoms with Gasteiger partial charge in [-0.1, -0.05) is 36.4 Å². The second-order valence-electron chi connectivity index (χ2n) is 6.30. The van der Waals surface area contributed by atoms with Gasteiger partial charge in [-0.3, -0.25) is 0 Å². The first-order valence-electron chi connectivity index (χ1n) is 8.15. The van der Waals surface area contributed by atoms with Crippen LogP contribution in [0.2, 0.25) is 0 Å². The SMILES string of the molecule is Br.COc1ccc(Cc2ccccc2C2CCN(C)CC2)cc1. The van der Waals surface area contributed by atoms with Gasteiger partial charge < -0.3 is 9.64 Å². The quantitative estimate of drug-likeness (QED) is 0.769. The molecular formula is C20H26BrNO. The molecule has 1 heterocycles. The molecule has 1 aliphatic heterocycles. The molecule has 2 aromatic rings. The average molecular weight is 376 g/mol. The van der Waals surface area contributed by atoms with Crippen molar-refractivity contribution in [3.8, 4) is 5.75 Å². The number of nitrogens with zero attached hydrogens (tertiary/aromatic N) is 1. The lowest BCUT2D eigenvalue weighted by atomic mass is 9.85. The number of hydrogen-bond acceptors (Lipinski definition) is 2. The fourth-order valence-corrected chi connectivity index (χ4v) is 3.38. The normalized spacial score (nSPS) is 15.9. The zero-order chi connectivity index (χ0) is 15.4. The molecule has 0 unspecified atom stereocenters. The van der Waals surface area contributed by atoms with Crippen molar-refractivity contribution in [2.24, 2.45) is 0 Å². The fourth-order valence-electron chi connectivity index (χ4n) is 3.38. The van der Waals surface area contributed by atoms with Crippen LogP contribution in [0, 0.1) is 0 Å². The third-order valence-electron chi connectivity index (χ3n) is 4.77. The highest BCUT2D eigenvalue weighted by molar-refractivity contribution is 8.93. The molecule has 1 aliphatic rings. The van der Waals surface area contributed by atoms with Gasteiger partial charge in [0.05, 0.1) is 7.11 Å². The maximum Gasteiger partial charge on any atom is 0.118 e. The molecule has 0 bridgehead atoms. The van der Waals surface area contributed by atoms with E-state index in [-0.39, 0.29) is 17.0 Å². The Morgan fingerprint density at radius 3 is 2.30 bits per heavy atom. The van der Waals surface area contributed by atoms with Gasteiger partial charge in [0, 0.05) is 0 Å². The highest BCUT2D eigenvalue weighted by Crippen LogP contribution is 2.31. The monoisotopic (exact) mass is 375 g/mol. The van der Waals surface area contributed by atoms with E-state index < -0.39 is 0 Å². The van der Waals surface area contributed by atoms with Gasteiger partial charge in [0.1, 0.15) is 5.75 Å². The Morgan fingerprint density at radius 2 is 1.65 bits per heavy atom. The largest absolute Gasteiger partial charge is 0.497 e. The van der Waals surface area contributed by atoms with Crippen molar-refractivity contribution >= 4 is 17.0 Å². The van der Waals surface area contributed by atoms with E-state index in [0.717, 1.165) is 12.2 Å². The summed E-state index contributed by atoms with van der Waals surface area (Å²) in [5, 5.41) is 0. The summed E-state index contributed by atoms with van der Waals surface area (Å²) in [6.45, 7) is 2.42. The van der Waals surface area contributed by atoms with E-state index in [1.807, 2.05) is 12.1 Å². The summed E-state index contributed by atoms with van der Waals surface area (Å²) >= 11 is 0. The molecule has 2 nitrogen and oxygen atoms in total. The Labute approximate surface area is 150 Å². The number of piperidine rings is 1. The lowest BCUT2D eigenvalue weighted by Crippen LogP contribution is -2.29. The Morgan fingerprint density at radius 1 is 1.00 bits per heavy atom. The number of hydrogen-bond donors (Lipinski definition) is 0. The summed E-state index contributed by atoms with van der Waals surface area (Å²) in [6, 6.07) is 17.4. The molecule has 3 heteroatoms. The zero-order valence-corrected chi connectivity index (χ0v) is 15.7. The van der Waals surface area contributed by atoms with Crippen molar-refractivity contribution < 1.29 is 4.74 Å². The molecule has 0 aromatic heterocycles. The topological polar surface area (TPSA) is 12.5 Å². The Hall–Kier alpha value is -1.32. The van der Waals surface area contributed by atoms with Gasteiger partial charge in [-0.2, -0.15) is 0 Å². The second kappa shape index (κ2) is 8.51. The summed E-state index contributed by atoms with van der Waals surface area (Å²) in [7, 11) is 3.93. The number of ether oxygens (including phenoxy) is 1. The summed E-state index contributed by atoms with van der Waals surface area (Å²) in [5.74, 6) is 1.64. The smallest absolute Gasteiger partial charge is 0.118 e. The Balaban J connectivity index is 0.00000192. The predicted molar refractivity (Wildman–Crippen MR) is 102 cm³/mol. The van der Waals surface area contributed by atoms with E-state index in [4.69, 9.17) is 4.74 Å². The molecular weight excluding hydrogens is 350 g/mol. The molecule has 1 fully saturated rings. The van der Waals surface area contributed by atoms with Crippen LogP contribution in [0.25, 0.3) is 0 Å². The molecule has 0 aliphatic carbocycles. The van der Waals surface area contributed by atoms with E-state index in [2.05, 4.69) is 48.3 Å². The van der Waals surface area contributed by atoms with Crippen molar-refractivity contribution in [2.45, 2.75) is 25.2 Å². The van der Waals surface area contributed by atoms with Gasteiger partial charge in [-0.05, 0) is 74.1 Å². The van der Waals surface area contributed by atoms with Gasteiger partial charge >= 0.3 is 0 Å². The minimum Gasteiger partial charge on any atom is -0.497 e. The minimum atomic E-state index is 0. The second-order valence-corrected chi connectivity index (χ2v) is 6.30. The summed E-state index contributed by atoms with van der Waals surface area (Å²) in [5.41, 5.74) is 4.37. The van der Waals surface area contributed by atoms with Crippen molar-refractivity contribution in [2.75, 3.05) is 27.2 Å². The standard InChI is InChI=1S/C20H25NO.BrH/c1-21-13-11-17(12-14-21)20-6-4-3-5-18(20)15-16-7-9-19(22-2)10-8-16;/h3-10,17H,11-15H2,1-2H3;1H. The third kappa shape index (κ3) is 4.58. The Kier molecular flexibility index (Phi) is 6.67. The van der Waals surface area contributed by atoms with Crippen LogP contribution >= 0.6 is 17.0 Å². The maximum absolute atomic E-state index is 5.24. The molecule has 1 saturated heterocycles. The fraction of sp³-hybridized carbons (Fsp3) is 0.400. The van der Waals surface area contributed by atoms with Crippen molar-refractivity contribution in [1.82, 2.24) is 4.90 Å². The van der Waals surface area contributed by atoms with Gasteiger partial charge in [-0.15, -0.1) is 17.0 Å². The van der Waals surface area contributed by atoms with Crippen LogP contribution in [0.3, 0.4) is 0 Å². The summed E-state index contributed by atoms with van der Waals surface area (Å²) in [6.07, 6.45) is 3.55. The third-order valence-corrected chi connectivity index (χ3v) is 4.77. The first kappa shape index (κ1) is 18.0. The lowest BCUT2D eigenvalue weighted by Gasteiger charge is -2.30. The predicted octanol–water partition coefficient (Wildman–Crippen LogP) is 4.67. The first-order valence-corrected chi connectivity index (χ1v) is 8.15. The van der Waals surface area contributed by atoms with Gasteiger partial charge in [0.2, 0.25) is 0 Å². The maximum atomic E-state index is 5.24. The Bertz CT molecular complexity index is 603. The number of methoxy groups -OCH3 is 1. The zero-order valence-electron chi connectivity index (χ0n) is 14.0. The molecule has 0 saturated carbocycles. The van der Waals surface area contributed by atoms with Crippen LogP contribution in [-0.2, 0) is 6.42 Å². The molecule has 0 radical (unpaired) electrons. The molecule has 0 atom stereocenters. The van der Waals surface area contributed by atoms with Crippen LogP contribution in [0.5, 0.6) is 5.75 Å². The number of rotatable bonds is 4. The van der Waals surface area contributed by atoms with Gasteiger partial charge in [0.15, 0.2) is 0 Å². The molecule has 0 N–H and O–H groups in total. The van der Waals surface area contributed by atoms with Gasteiger partial charge in [-0.25, -0.2) is 0 Å². The number of benzene rings is 2. The van der Waals surface area contributed by atoms with E-state index in [1.165, 1.54) is 37.1 Å².